The highest BCUT2D eigenvalue weighted by Gasteiger charge is 2.45. The summed E-state index contributed by atoms with van der Waals surface area (Å²) in [4.78, 5) is 25.7. The number of nitrogens with zero attached hydrogens (tertiary/aromatic N) is 6. The Morgan fingerprint density at radius 3 is 2.85 bits per heavy atom. The summed E-state index contributed by atoms with van der Waals surface area (Å²) in [5.74, 6) is 1.06. The van der Waals surface area contributed by atoms with Crippen LogP contribution in [-0.4, -0.2) is 74.6 Å². The molecule has 26 heavy (non-hydrogen) atoms. The molecule has 4 heterocycles. The van der Waals surface area contributed by atoms with Crippen molar-refractivity contribution in [1.82, 2.24) is 30.3 Å². The number of rotatable bonds is 3. The molecular formula is C17H21N7O2. The molecule has 1 spiro atoms. The van der Waals surface area contributed by atoms with E-state index in [1.54, 1.807) is 12.4 Å². The van der Waals surface area contributed by atoms with E-state index >= 15 is 0 Å². The maximum absolute atomic E-state index is 13.0. The van der Waals surface area contributed by atoms with Crippen molar-refractivity contribution < 1.29 is 9.53 Å². The lowest BCUT2D eigenvalue weighted by Crippen LogP contribution is -2.55. The van der Waals surface area contributed by atoms with Crippen molar-refractivity contribution in [3.05, 3.63) is 29.8 Å². The number of morpholine rings is 1. The van der Waals surface area contributed by atoms with Gasteiger partial charge in [0.05, 0.1) is 25.4 Å². The van der Waals surface area contributed by atoms with Crippen molar-refractivity contribution in [3.63, 3.8) is 0 Å². The molecule has 3 aliphatic rings. The van der Waals surface area contributed by atoms with Crippen molar-refractivity contribution in [1.29, 1.82) is 0 Å². The first-order chi connectivity index (χ1) is 12.7. The molecule has 3 fully saturated rings. The highest BCUT2D eigenvalue weighted by molar-refractivity contribution is 5.93. The minimum absolute atomic E-state index is 0.0438. The summed E-state index contributed by atoms with van der Waals surface area (Å²) in [5.41, 5.74) is 0.934. The molecule has 2 saturated heterocycles. The van der Waals surface area contributed by atoms with Gasteiger partial charge in [-0.05, 0) is 25.3 Å². The fraction of sp³-hybridized carbons (Fsp3) is 0.588. The Labute approximate surface area is 150 Å². The molecule has 1 atom stereocenters. The van der Waals surface area contributed by atoms with E-state index < -0.39 is 0 Å². The quantitative estimate of drug-likeness (QED) is 0.860. The third-order valence-corrected chi connectivity index (χ3v) is 5.43. The Morgan fingerprint density at radius 2 is 2.04 bits per heavy atom. The Morgan fingerprint density at radius 1 is 1.19 bits per heavy atom. The van der Waals surface area contributed by atoms with Crippen LogP contribution in [0.15, 0.2) is 18.5 Å². The molecule has 9 heteroatoms. The second-order valence-corrected chi connectivity index (χ2v) is 7.31. The highest BCUT2D eigenvalue weighted by atomic mass is 16.5. The summed E-state index contributed by atoms with van der Waals surface area (Å²) in [6, 6.07) is 1.81. The number of ether oxygens (including phenoxy) is 1. The molecule has 2 aromatic heterocycles. The van der Waals surface area contributed by atoms with Crippen LogP contribution in [0.2, 0.25) is 0 Å². The molecule has 2 aliphatic heterocycles. The summed E-state index contributed by atoms with van der Waals surface area (Å²) >= 11 is 0. The van der Waals surface area contributed by atoms with Gasteiger partial charge in [-0.3, -0.25) is 4.79 Å². The molecule has 1 N–H and O–H groups in total. The van der Waals surface area contributed by atoms with E-state index in [-0.39, 0.29) is 11.5 Å². The molecule has 0 aromatic carbocycles. The number of aromatic nitrogens is 5. The van der Waals surface area contributed by atoms with E-state index in [9.17, 15) is 4.79 Å². The maximum Gasteiger partial charge on any atom is 0.276 e. The molecule has 0 bridgehead atoms. The molecule has 5 rings (SSSR count). The Kier molecular flexibility index (Phi) is 3.63. The Hall–Kier alpha value is -2.55. The van der Waals surface area contributed by atoms with Crippen LogP contribution >= 0.6 is 0 Å². The number of H-pyrrole nitrogens is 1. The van der Waals surface area contributed by atoms with Crippen molar-refractivity contribution in [3.8, 4) is 0 Å². The van der Waals surface area contributed by atoms with Crippen molar-refractivity contribution in [2.45, 2.75) is 30.8 Å². The number of nitrogens with one attached hydrogen (secondary N) is 1. The summed E-state index contributed by atoms with van der Waals surface area (Å²) in [6.45, 7) is 3.19. The number of amides is 1. The topological polar surface area (TPSA) is 100 Å². The number of anilines is 1. The lowest BCUT2D eigenvalue weighted by atomic mass is 10.00. The SMILES string of the molecule is O=C(c1n[nH]nc1C1CC1)N1CCOC2(CCN(c3ncccn3)C2)C1. The average Bonchev–Trinajstić information content (AvgIpc) is 3.27. The first kappa shape index (κ1) is 15.7. The third-order valence-electron chi connectivity index (χ3n) is 5.43. The van der Waals surface area contributed by atoms with Gasteiger partial charge in [-0.2, -0.15) is 15.4 Å². The second-order valence-electron chi connectivity index (χ2n) is 7.31. The molecule has 1 aliphatic carbocycles. The van der Waals surface area contributed by atoms with E-state index in [0.717, 1.165) is 31.5 Å². The minimum atomic E-state index is -0.364. The predicted octanol–water partition coefficient (Wildman–Crippen LogP) is 0.594. The average molecular weight is 355 g/mol. The van der Waals surface area contributed by atoms with Gasteiger partial charge < -0.3 is 14.5 Å². The van der Waals surface area contributed by atoms with Crippen LogP contribution in [0.25, 0.3) is 0 Å². The number of hydrogen-bond donors (Lipinski definition) is 1. The van der Waals surface area contributed by atoms with Crippen LogP contribution in [0.4, 0.5) is 5.95 Å². The number of hydrogen-bond acceptors (Lipinski definition) is 7. The van der Waals surface area contributed by atoms with Gasteiger partial charge in [0.25, 0.3) is 5.91 Å². The summed E-state index contributed by atoms with van der Waals surface area (Å²) in [7, 11) is 0. The summed E-state index contributed by atoms with van der Waals surface area (Å²) < 4.78 is 6.13. The van der Waals surface area contributed by atoms with Gasteiger partial charge in [-0.1, -0.05) is 0 Å². The molecule has 0 radical (unpaired) electrons. The Bertz CT molecular complexity index is 806. The van der Waals surface area contributed by atoms with E-state index in [0.29, 0.717) is 43.8 Å². The fourth-order valence-electron chi connectivity index (χ4n) is 3.92. The van der Waals surface area contributed by atoms with Crippen molar-refractivity contribution in [2.24, 2.45) is 0 Å². The number of aromatic amines is 1. The predicted molar refractivity (Wildman–Crippen MR) is 91.8 cm³/mol. The third kappa shape index (κ3) is 2.72. The molecule has 136 valence electrons. The highest BCUT2D eigenvalue weighted by Crippen LogP contribution is 2.40. The smallest absolute Gasteiger partial charge is 0.276 e. The molecule has 1 saturated carbocycles. The molecule has 1 unspecified atom stereocenters. The maximum atomic E-state index is 13.0. The zero-order chi connectivity index (χ0) is 17.6. The van der Waals surface area contributed by atoms with Crippen LogP contribution in [0.3, 0.4) is 0 Å². The fourth-order valence-corrected chi connectivity index (χ4v) is 3.92. The van der Waals surface area contributed by atoms with Crippen molar-refractivity contribution >= 4 is 11.9 Å². The Balaban J connectivity index is 1.32. The van der Waals surface area contributed by atoms with Gasteiger partial charge in [0.1, 0.15) is 5.60 Å². The van der Waals surface area contributed by atoms with E-state index in [1.165, 1.54) is 0 Å². The first-order valence-electron chi connectivity index (χ1n) is 9.10. The van der Waals surface area contributed by atoms with Crippen LogP contribution in [0.1, 0.15) is 41.4 Å². The second kappa shape index (κ2) is 6.01. The van der Waals surface area contributed by atoms with Crippen molar-refractivity contribution in [2.75, 3.05) is 37.7 Å². The zero-order valence-corrected chi connectivity index (χ0v) is 14.5. The largest absolute Gasteiger partial charge is 0.369 e. The van der Waals surface area contributed by atoms with Crippen LogP contribution in [0.5, 0.6) is 0 Å². The van der Waals surface area contributed by atoms with Gasteiger partial charge >= 0.3 is 0 Å². The zero-order valence-electron chi connectivity index (χ0n) is 14.5. The molecular weight excluding hydrogens is 334 g/mol. The van der Waals surface area contributed by atoms with Gasteiger partial charge in [-0.15, -0.1) is 0 Å². The molecule has 9 nitrogen and oxygen atoms in total. The van der Waals surface area contributed by atoms with Crippen LogP contribution in [0, 0.1) is 0 Å². The molecule has 1 amide bonds. The summed E-state index contributed by atoms with van der Waals surface area (Å²) in [6.07, 6.45) is 6.52. The van der Waals surface area contributed by atoms with E-state index in [2.05, 4.69) is 30.3 Å². The van der Waals surface area contributed by atoms with E-state index in [1.807, 2.05) is 11.0 Å². The van der Waals surface area contributed by atoms with Crippen LogP contribution in [-0.2, 0) is 4.74 Å². The molecule has 2 aromatic rings. The minimum Gasteiger partial charge on any atom is -0.369 e. The monoisotopic (exact) mass is 355 g/mol. The van der Waals surface area contributed by atoms with E-state index in [4.69, 9.17) is 4.74 Å². The van der Waals surface area contributed by atoms with Gasteiger partial charge in [0, 0.05) is 31.4 Å². The lowest BCUT2D eigenvalue weighted by Gasteiger charge is -2.40. The van der Waals surface area contributed by atoms with Gasteiger partial charge in [0.15, 0.2) is 5.69 Å². The van der Waals surface area contributed by atoms with Gasteiger partial charge in [0.2, 0.25) is 5.95 Å². The first-order valence-corrected chi connectivity index (χ1v) is 9.10. The summed E-state index contributed by atoms with van der Waals surface area (Å²) in [5, 5.41) is 11.0. The normalized spacial score (nSPS) is 25.8. The lowest BCUT2D eigenvalue weighted by molar-refractivity contribution is -0.0857. The van der Waals surface area contributed by atoms with Crippen LogP contribution < -0.4 is 4.90 Å². The van der Waals surface area contributed by atoms with Gasteiger partial charge in [-0.25, -0.2) is 9.97 Å². The standard InChI is InChI=1S/C17H21N7O2/c25-15(14-13(12-2-3-12)20-22-21-14)23-8-9-26-17(10-23)4-7-24(11-17)16-18-5-1-6-19-16/h1,5-6,12H,2-4,7-11H2,(H,20,21,22). The number of carbonyl (C=O) groups excluding carboxylic acids is 1. The number of carbonyl (C=O) groups is 1.